The molecule has 1 atom stereocenters. The Morgan fingerprint density at radius 2 is 2.04 bits per heavy atom. The molecule has 0 saturated carbocycles. The molecule has 0 aliphatic carbocycles. The van der Waals surface area contributed by atoms with E-state index < -0.39 is 12.0 Å². The molecule has 134 valence electrons. The van der Waals surface area contributed by atoms with Crippen LogP contribution >= 0.6 is 0 Å². The number of nitrogens with zero attached hydrogens (tertiary/aromatic N) is 1. The highest BCUT2D eigenvalue weighted by atomic mass is 16.5. The SMILES string of the molecule is CCOC(=O)c1c(C)[nH]c(C(=O)C(C)Nc2ccc(OC)nc2)c1C. The predicted molar refractivity (Wildman–Crippen MR) is 94.4 cm³/mol. The van der Waals surface area contributed by atoms with Gasteiger partial charge in [0.05, 0.1) is 42.9 Å². The van der Waals surface area contributed by atoms with Crippen LogP contribution in [0.2, 0.25) is 0 Å². The summed E-state index contributed by atoms with van der Waals surface area (Å²) < 4.78 is 10.1. The van der Waals surface area contributed by atoms with Gasteiger partial charge in [0.15, 0.2) is 0 Å². The van der Waals surface area contributed by atoms with Crippen molar-refractivity contribution in [3.63, 3.8) is 0 Å². The Labute approximate surface area is 146 Å². The van der Waals surface area contributed by atoms with Crippen molar-refractivity contribution in [2.45, 2.75) is 33.7 Å². The average Bonchev–Trinajstić information content (AvgIpc) is 2.89. The first-order chi connectivity index (χ1) is 11.9. The summed E-state index contributed by atoms with van der Waals surface area (Å²) in [6, 6.07) is 3.00. The van der Waals surface area contributed by atoms with Crippen LogP contribution < -0.4 is 10.1 Å². The maximum Gasteiger partial charge on any atom is 0.340 e. The number of hydrogen-bond donors (Lipinski definition) is 2. The van der Waals surface area contributed by atoms with Gasteiger partial charge in [0, 0.05) is 11.8 Å². The highest BCUT2D eigenvalue weighted by Crippen LogP contribution is 2.21. The Bertz CT molecular complexity index is 765. The summed E-state index contributed by atoms with van der Waals surface area (Å²) in [4.78, 5) is 31.9. The molecule has 0 amide bonds. The highest BCUT2D eigenvalue weighted by Gasteiger charge is 2.25. The Hall–Kier alpha value is -2.83. The minimum atomic E-state index is -0.498. The van der Waals surface area contributed by atoms with E-state index in [1.54, 1.807) is 53.1 Å². The molecule has 7 heteroatoms. The fourth-order valence-electron chi connectivity index (χ4n) is 2.62. The molecule has 1 unspecified atom stereocenters. The molecular weight excluding hydrogens is 322 g/mol. The molecule has 25 heavy (non-hydrogen) atoms. The van der Waals surface area contributed by atoms with Gasteiger partial charge in [-0.2, -0.15) is 0 Å². The van der Waals surface area contributed by atoms with E-state index in [1.165, 1.54) is 0 Å². The fraction of sp³-hybridized carbons (Fsp3) is 0.389. The zero-order valence-electron chi connectivity index (χ0n) is 15.1. The van der Waals surface area contributed by atoms with Crippen molar-refractivity contribution in [1.82, 2.24) is 9.97 Å². The van der Waals surface area contributed by atoms with Gasteiger partial charge in [0.2, 0.25) is 11.7 Å². The molecule has 0 fully saturated rings. The van der Waals surface area contributed by atoms with E-state index in [1.807, 2.05) is 0 Å². The number of methoxy groups -OCH3 is 1. The molecule has 0 bridgehead atoms. The number of aromatic nitrogens is 2. The monoisotopic (exact) mass is 345 g/mol. The van der Waals surface area contributed by atoms with Crippen LogP contribution in [0.25, 0.3) is 0 Å². The lowest BCUT2D eigenvalue weighted by Crippen LogP contribution is -2.27. The lowest BCUT2D eigenvalue weighted by Gasteiger charge is -2.14. The van der Waals surface area contributed by atoms with E-state index >= 15 is 0 Å². The molecule has 0 radical (unpaired) electrons. The van der Waals surface area contributed by atoms with Crippen molar-refractivity contribution in [3.8, 4) is 5.88 Å². The number of aromatic amines is 1. The van der Waals surface area contributed by atoms with Crippen LogP contribution in [0.1, 0.15) is 46.0 Å². The van der Waals surface area contributed by atoms with Crippen molar-refractivity contribution in [1.29, 1.82) is 0 Å². The van der Waals surface area contributed by atoms with Gasteiger partial charge in [-0.05, 0) is 39.3 Å². The van der Waals surface area contributed by atoms with Gasteiger partial charge in [-0.15, -0.1) is 0 Å². The van der Waals surface area contributed by atoms with Crippen molar-refractivity contribution in [3.05, 3.63) is 40.8 Å². The third-order valence-electron chi connectivity index (χ3n) is 3.89. The zero-order valence-corrected chi connectivity index (χ0v) is 15.1. The average molecular weight is 345 g/mol. The maximum absolute atomic E-state index is 12.7. The minimum Gasteiger partial charge on any atom is -0.481 e. The molecule has 0 aliphatic rings. The largest absolute Gasteiger partial charge is 0.481 e. The second kappa shape index (κ2) is 7.83. The van der Waals surface area contributed by atoms with Gasteiger partial charge in [-0.3, -0.25) is 4.79 Å². The number of carbonyl (C=O) groups excluding carboxylic acids is 2. The second-order valence-corrected chi connectivity index (χ2v) is 5.66. The predicted octanol–water partition coefficient (Wildman–Crippen LogP) is 2.90. The van der Waals surface area contributed by atoms with Gasteiger partial charge >= 0.3 is 5.97 Å². The summed E-state index contributed by atoms with van der Waals surface area (Å²) in [6.45, 7) is 7.28. The summed E-state index contributed by atoms with van der Waals surface area (Å²) >= 11 is 0. The van der Waals surface area contributed by atoms with Crippen molar-refractivity contribution in [2.24, 2.45) is 0 Å². The minimum absolute atomic E-state index is 0.146. The Morgan fingerprint density at radius 1 is 1.32 bits per heavy atom. The van der Waals surface area contributed by atoms with E-state index in [0.29, 0.717) is 34.1 Å². The van der Waals surface area contributed by atoms with Crippen LogP contribution in [0.4, 0.5) is 5.69 Å². The third-order valence-corrected chi connectivity index (χ3v) is 3.89. The number of rotatable bonds is 7. The number of esters is 1. The summed E-state index contributed by atoms with van der Waals surface area (Å²) in [5.41, 5.74) is 2.75. The number of hydrogen-bond acceptors (Lipinski definition) is 6. The normalized spacial score (nSPS) is 11.7. The van der Waals surface area contributed by atoms with Gasteiger partial charge in [-0.25, -0.2) is 9.78 Å². The number of anilines is 1. The summed E-state index contributed by atoms with van der Waals surface area (Å²) in [6.07, 6.45) is 1.60. The number of ketones is 1. The molecule has 0 aliphatic heterocycles. The number of carbonyl (C=O) groups is 2. The van der Waals surface area contributed by atoms with Gasteiger partial charge in [-0.1, -0.05) is 0 Å². The number of nitrogens with one attached hydrogen (secondary N) is 2. The second-order valence-electron chi connectivity index (χ2n) is 5.66. The molecule has 2 rings (SSSR count). The molecule has 7 nitrogen and oxygen atoms in total. The molecule has 0 aromatic carbocycles. The smallest absolute Gasteiger partial charge is 0.340 e. The van der Waals surface area contributed by atoms with Crippen LogP contribution in [0.15, 0.2) is 18.3 Å². The van der Waals surface area contributed by atoms with Gasteiger partial charge < -0.3 is 19.8 Å². The molecule has 2 heterocycles. The zero-order chi connectivity index (χ0) is 18.6. The molecule has 2 aromatic rings. The standard InChI is InChI=1S/C18H23N3O4/c1-6-25-18(23)15-10(2)16(21-11(15)3)17(22)12(4)20-13-7-8-14(24-5)19-9-13/h7-9,12,20-21H,6H2,1-5H3. The molecule has 0 spiro atoms. The topological polar surface area (TPSA) is 93.3 Å². The van der Waals surface area contributed by atoms with Crippen LogP contribution in [-0.4, -0.2) is 41.5 Å². The van der Waals surface area contributed by atoms with Crippen molar-refractivity contribution < 1.29 is 19.1 Å². The lowest BCUT2D eigenvalue weighted by atomic mass is 10.0. The lowest BCUT2D eigenvalue weighted by molar-refractivity contribution is 0.0525. The maximum atomic E-state index is 12.7. The highest BCUT2D eigenvalue weighted by molar-refractivity contribution is 6.04. The van der Waals surface area contributed by atoms with Crippen LogP contribution in [-0.2, 0) is 4.74 Å². The molecule has 2 N–H and O–H groups in total. The quantitative estimate of drug-likeness (QED) is 0.592. The molecular formula is C18H23N3O4. The number of H-pyrrole nitrogens is 1. The van der Waals surface area contributed by atoms with E-state index in [4.69, 9.17) is 9.47 Å². The van der Waals surface area contributed by atoms with E-state index in [2.05, 4.69) is 15.3 Å². The van der Waals surface area contributed by atoms with Gasteiger partial charge in [0.25, 0.3) is 0 Å². The number of Topliss-reactive ketones (excluding diaryl/α,β-unsaturated/α-hetero) is 1. The Kier molecular flexibility index (Phi) is 5.80. The van der Waals surface area contributed by atoms with E-state index in [0.717, 1.165) is 0 Å². The molecule has 2 aromatic heterocycles. The summed E-state index contributed by atoms with van der Waals surface area (Å²) in [5, 5.41) is 3.10. The van der Waals surface area contributed by atoms with Gasteiger partial charge in [0.1, 0.15) is 0 Å². The van der Waals surface area contributed by atoms with Crippen LogP contribution in [0, 0.1) is 13.8 Å². The first kappa shape index (κ1) is 18.5. The molecule has 0 saturated heterocycles. The van der Waals surface area contributed by atoms with Crippen LogP contribution in [0.5, 0.6) is 5.88 Å². The first-order valence-electron chi connectivity index (χ1n) is 8.06. The summed E-state index contributed by atoms with van der Waals surface area (Å²) in [5.74, 6) is -0.0702. The number of pyridine rings is 1. The first-order valence-corrected chi connectivity index (χ1v) is 8.06. The summed E-state index contributed by atoms with van der Waals surface area (Å²) in [7, 11) is 1.54. The fourth-order valence-corrected chi connectivity index (χ4v) is 2.62. The number of ether oxygens (including phenoxy) is 2. The Morgan fingerprint density at radius 3 is 2.60 bits per heavy atom. The number of aryl methyl sites for hydroxylation is 1. The Balaban J connectivity index is 2.18. The van der Waals surface area contributed by atoms with Crippen molar-refractivity contribution in [2.75, 3.05) is 19.0 Å². The van der Waals surface area contributed by atoms with Crippen molar-refractivity contribution >= 4 is 17.4 Å². The third kappa shape index (κ3) is 3.99. The van der Waals surface area contributed by atoms with Crippen LogP contribution in [0.3, 0.4) is 0 Å². The van der Waals surface area contributed by atoms with E-state index in [9.17, 15) is 9.59 Å². The van der Waals surface area contributed by atoms with E-state index in [-0.39, 0.29) is 12.4 Å².